The number of carbonyl (C=O) groups is 1. The molecular formula is C17H26N2O4S2. The molecule has 0 atom stereocenters. The second kappa shape index (κ2) is 8.31. The number of nitrogens with zero attached hydrogens (tertiary/aromatic N) is 2. The maximum absolute atomic E-state index is 12.8. The summed E-state index contributed by atoms with van der Waals surface area (Å²) in [5, 5.41) is 0. The van der Waals surface area contributed by atoms with Crippen LogP contribution in [0.2, 0.25) is 0 Å². The fourth-order valence-corrected chi connectivity index (χ4v) is 6.73. The van der Waals surface area contributed by atoms with Gasteiger partial charge < -0.3 is 4.90 Å². The maximum atomic E-state index is 12.8. The summed E-state index contributed by atoms with van der Waals surface area (Å²) in [4.78, 5) is 13.8. The zero-order chi connectivity index (χ0) is 18.5. The van der Waals surface area contributed by atoms with Gasteiger partial charge in [-0.1, -0.05) is 37.5 Å². The zero-order valence-electron chi connectivity index (χ0n) is 14.8. The molecule has 6 nitrogen and oxygen atoms in total. The highest BCUT2D eigenvalue weighted by Crippen LogP contribution is 2.18. The van der Waals surface area contributed by atoms with Crippen molar-refractivity contribution in [3.63, 3.8) is 0 Å². The van der Waals surface area contributed by atoms with Crippen molar-refractivity contribution in [2.24, 2.45) is 3.77 Å². The van der Waals surface area contributed by atoms with Gasteiger partial charge in [0.2, 0.25) is 5.91 Å². The van der Waals surface area contributed by atoms with Gasteiger partial charge in [-0.15, -0.1) is 3.77 Å². The van der Waals surface area contributed by atoms with Crippen molar-refractivity contribution in [1.29, 1.82) is 0 Å². The molecule has 0 spiro atoms. The van der Waals surface area contributed by atoms with Crippen molar-refractivity contribution >= 4 is 25.7 Å². The molecule has 25 heavy (non-hydrogen) atoms. The standard InChI is InChI=1S/C17H26N2O4S2/c1-3-4-5-6-17(20)19-11-13-24(21,14-12-19)18-25(22,23)16-9-7-15(2)8-10-16/h7-10H,3-6,11-14H2,1-2H3. The Balaban J connectivity index is 2.06. The molecule has 140 valence electrons. The minimum Gasteiger partial charge on any atom is -0.341 e. The summed E-state index contributed by atoms with van der Waals surface area (Å²) < 4.78 is 41.3. The molecular weight excluding hydrogens is 360 g/mol. The van der Waals surface area contributed by atoms with Gasteiger partial charge in [0.1, 0.15) is 0 Å². The van der Waals surface area contributed by atoms with E-state index in [9.17, 15) is 17.4 Å². The Morgan fingerprint density at radius 2 is 1.76 bits per heavy atom. The number of benzene rings is 1. The van der Waals surface area contributed by atoms with Crippen LogP contribution >= 0.6 is 0 Å². The van der Waals surface area contributed by atoms with Crippen molar-refractivity contribution in [2.75, 3.05) is 24.6 Å². The van der Waals surface area contributed by atoms with Gasteiger partial charge in [-0.2, -0.15) is 8.42 Å². The van der Waals surface area contributed by atoms with E-state index in [-0.39, 0.29) is 22.3 Å². The highest BCUT2D eigenvalue weighted by atomic mass is 32.3. The van der Waals surface area contributed by atoms with Gasteiger partial charge in [-0.25, -0.2) is 4.21 Å². The number of amides is 1. The van der Waals surface area contributed by atoms with Crippen molar-refractivity contribution in [2.45, 2.75) is 44.4 Å². The van der Waals surface area contributed by atoms with E-state index in [1.54, 1.807) is 17.0 Å². The summed E-state index contributed by atoms with van der Waals surface area (Å²) in [6.07, 6.45) is 3.42. The minimum atomic E-state index is -3.94. The molecule has 0 aliphatic carbocycles. The first-order valence-electron chi connectivity index (χ1n) is 8.59. The normalized spacial score (nSPS) is 17.3. The molecule has 2 rings (SSSR count). The van der Waals surface area contributed by atoms with Gasteiger partial charge >= 0.3 is 0 Å². The highest BCUT2D eigenvalue weighted by Gasteiger charge is 2.26. The predicted octanol–water partition coefficient (Wildman–Crippen LogP) is 2.57. The number of hydrogen-bond donors (Lipinski definition) is 0. The summed E-state index contributed by atoms with van der Waals surface area (Å²) in [6, 6.07) is 6.33. The Bertz CT molecular complexity index is 809. The molecule has 0 bridgehead atoms. The predicted molar refractivity (Wildman–Crippen MR) is 99.4 cm³/mol. The van der Waals surface area contributed by atoms with Crippen LogP contribution in [0.5, 0.6) is 0 Å². The molecule has 1 aromatic carbocycles. The summed E-state index contributed by atoms with van der Waals surface area (Å²) in [7, 11) is -6.80. The molecule has 8 heteroatoms. The Hall–Kier alpha value is -1.41. The van der Waals surface area contributed by atoms with Crippen molar-refractivity contribution < 1.29 is 17.4 Å². The largest absolute Gasteiger partial charge is 0.341 e. The first-order chi connectivity index (χ1) is 11.8. The van der Waals surface area contributed by atoms with Crippen molar-refractivity contribution in [3.05, 3.63) is 29.8 Å². The van der Waals surface area contributed by atoms with Crippen LogP contribution in [0.25, 0.3) is 0 Å². The third kappa shape index (κ3) is 5.54. The second-order valence-electron chi connectivity index (χ2n) is 6.38. The van der Waals surface area contributed by atoms with Crippen LogP contribution < -0.4 is 0 Å². The molecule has 0 unspecified atom stereocenters. The van der Waals surface area contributed by atoms with E-state index in [4.69, 9.17) is 0 Å². The van der Waals surface area contributed by atoms with Crippen LogP contribution in [0.4, 0.5) is 0 Å². The molecule has 1 saturated heterocycles. The molecule has 1 aromatic rings. The number of hydrogen-bond acceptors (Lipinski definition) is 4. The lowest BCUT2D eigenvalue weighted by Gasteiger charge is -2.28. The molecule has 1 fully saturated rings. The van der Waals surface area contributed by atoms with Crippen LogP contribution in [0, 0.1) is 6.92 Å². The van der Waals surface area contributed by atoms with E-state index in [1.165, 1.54) is 12.1 Å². The van der Waals surface area contributed by atoms with Gasteiger partial charge in [0, 0.05) is 19.5 Å². The second-order valence-corrected chi connectivity index (χ2v) is 10.8. The van der Waals surface area contributed by atoms with E-state index >= 15 is 0 Å². The van der Waals surface area contributed by atoms with Crippen molar-refractivity contribution in [3.8, 4) is 0 Å². The monoisotopic (exact) mass is 386 g/mol. The molecule has 1 heterocycles. The summed E-state index contributed by atoms with van der Waals surface area (Å²) in [5.74, 6) is 0.270. The van der Waals surface area contributed by atoms with Crippen LogP contribution in [0.15, 0.2) is 32.9 Å². The summed E-state index contributed by atoms with van der Waals surface area (Å²) >= 11 is 0. The van der Waals surface area contributed by atoms with Crippen LogP contribution in [-0.4, -0.2) is 48.0 Å². The fourth-order valence-electron chi connectivity index (χ4n) is 2.66. The maximum Gasteiger partial charge on any atom is 0.290 e. The molecule has 1 aliphatic heterocycles. The first-order valence-corrected chi connectivity index (χ1v) is 11.9. The molecule has 1 aliphatic rings. The highest BCUT2D eigenvalue weighted by molar-refractivity contribution is 8.03. The minimum absolute atomic E-state index is 0.0521. The lowest BCUT2D eigenvalue weighted by molar-refractivity contribution is -0.130. The Morgan fingerprint density at radius 3 is 2.32 bits per heavy atom. The number of sulfonamides is 1. The van der Waals surface area contributed by atoms with Gasteiger partial charge in [0.25, 0.3) is 10.0 Å². The van der Waals surface area contributed by atoms with Crippen LogP contribution in [-0.2, 0) is 24.5 Å². The Morgan fingerprint density at radius 1 is 1.16 bits per heavy atom. The van der Waals surface area contributed by atoms with Gasteiger partial charge in [0.15, 0.2) is 0 Å². The molecule has 0 N–H and O–H groups in total. The van der Waals surface area contributed by atoms with E-state index in [2.05, 4.69) is 10.7 Å². The smallest absolute Gasteiger partial charge is 0.290 e. The fraction of sp³-hybridized carbons (Fsp3) is 0.588. The quantitative estimate of drug-likeness (QED) is 0.704. The summed E-state index contributed by atoms with van der Waals surface area (Å²) in [6.45, 7) is 4.55. The van der Waals surface area contributed by atoms with Crippen molar-refractivity contribution in [1.82, 2.24) is 4.90 Å². The van der Waals surface area contributed by atoms with E-state index < -0.39 is 19.8 Å². The lowest BCUT2D eigenvalue weighted by Crippen LogP contribution is -2.43. The third-order valence-corrected chi connectivity index (χ3v) is 8.64. The Labute approximate surface area is 150 Å². The number of rotatable bonds is 6. The lowest BCUT2D eigenvalue weighted by atomic mass is 10.2. The Kier molecular flexibility index (Phi) is 6.62. The SMILES string of the molecule is CCCCCC(=O)N1CCS(=O)(=NS(=O)(=O)c2ccc(C)cc2)CC1. The average molecular weight is 387 g/mol. The number of unbranched alkanes of at least 4 members (excludes halogenated alkanes) is 2. The first kappa shape index (κ1) is 19.9. The van der Waals surface area contributed by atoms with Crippen LogP contribution in [0.3, 0.4) is 0 Å². The average Bonchev–Trinajstić information content (AvgIpc) is 2.55. The van der Waals surface area contributed by atoms with E-state index in [0.717, 1.165) is 24.8 Å². The topological polar surface area (TPSA) is 83.9 Å². The number of aryl methyl sites for hydroxylation is 1. The van der Waals surface area contributed by atoms with Gasteiger partial charge in [0.05, 0.1) is 26.1 Å². The zero-order valence-corrected chi connectivity index (χ0v) is 16.4. The molecule has 1 amide bonds. The van der Waals surface area contributed by atoms with E-state index in [1.807, 2.05) is 6.92 Å². The van der Waals surface area contributed by atoms with E-state index in [0.29, 0.717) is 19.5 Å². The van der Waals surface area contributed by atoms with Gasteiger partial charge in [-0.05, 0) is 25.5 Å². The van der Waals surface area contributed by atoms with Crippen LogP contribution in [0.1, 0.15) is 38.2 Å². The third-order valence-electron chi connectivity index (χ3n) is 4.26. The molecule has 0 aromatic heterocycles. The summed E-state index contributed by atoms with van der Waals surface area (Å²) in [5.41, 5.74) is 0.943. The number of carbonyl (C=O) groups excluding carboxylic acids is 1. The molecule has 0 saturated carbocycles. The van der Waals surface area contributed by atoms with Gasteiger partial charge in [-0.3, -0.25) is 4.79 Å². The molecule has 0 radical (unpaired) electrons.